The minimum atomic E-state index is 0. The number of nitrogens with zero attached hydrogens (tertiary/aromatic N) is 4. The number of aromatic nitrogens is 4. The minimum absolute atomic E-state index is 0. The minimum Gasteiger partial charge on any atom is -0.314 e. The molecule has 2 fully saturated rings. The molecule has 18 N–H and O–H groups in total. The number of hydrogen-bond acceptors (Lipinski definition) is 22. The van der Waals surface area contributed by atoms with Gasteiger partial charge in [-0.05, 0) is 94.0 Å². The van der Waals surface area contributed by atoms with Crippen molar-refractivity contribution in [1.29, 1.82) is 0 Å². The molecule has 1 saturated carbocycles. The third-order valence-electron chi connectivity index (χ3n) is 15.5. The number of rotatable bonds is 6. The summed E-state index contributed by atoms with van der Waals surface area (Å²) in [4.78, 5) is 18.6. The first-order valence-electron chi connectivity index (χ1n) is 33.7. The topological polar surface area (TPSA) is 284 Å². The van der Waals surface area contributed by atoms with Crippen LogP contribution in [0.4, 0.5) is 0 Å². The second-order valence-electron chi connectivity index (χ2n) is 23.2. The van der Waals surface area contributed by atoms with Gasteiger partial charge in [-0.3, -0.25) is 19.9 Å². The van der Waals surface area contributed by atoms with Crippen LogP contribution in [0.2, 0.25) is 0 Å². The summed E-state index contributed by atoms with van der Waals surface area (Å²) in [5, 5.41) is 74.5. The summed E-state index contributed by atoms with van der Waals surface area (Å²) < 4.78 is 1.09. The quantitative estimate of drug-likeness (QED) is 0.124. The van der Waals surface area contributed by atoms with Crippen molar-refractivity contribution in [3.05, 3.63) is 117 Å². The number of aliphatic hydroxyl groups is 2. The van der Waals surface area contributed by atoms with Gasteiger partial charge in [0.2, 0.25) is 0 Å². The summed E-state index contributed by atoms with van der Waals surface area (Å²) in [5.74, 6) is 0. The average Bonchev–Trinajstić information content (AvgIpc) is 1.60. The van der Waals surface area contributed by atoms with Gasteiger partial charge in [0.1, 0.15) is 0 Å². The molecule has 2 unspecified atom stereocenters. The predicted molar refractivity (Wildman–Crippen MR) is 399 cm³/mol. The average molecular weight is 1800 g/mol. The smallest absolute Gasteiger partial charge is 0.0545 e. The van der Waals surface area contributed by atoms with Gasteiger partial charge < -0.3 is 108 Å². The molecular weight excluding hydrogens is 1690 g/mol. The molecule has 0 aromatic carbocycles. The maximum atomic E-state index is 9.24. The van der Waals surface area contributed by atoms with E-state index >= 15 is 0 Å². The maximum absolute atomic E-state index is 9.24. The van der Waals surface area contributed by atoms with Crippen LogP contribution in [0.5, 0.6) is 0 Å². The van der Waals surface area contributed by atoms with E-state index in [9.17, 15) is 10.2 Å². The Morgan fingerprint density at radius 2 is 0.677 bits per heavy atom. The van der Waals surface area contributed by atoms with E-state index in [-0.39, 0.29) is 78.2 Å². The summed E-state index contributed by atoms with van der Waals surface area (Å²) >= 11 is 3.76. The van der Waals surface area contributed by atoms with Gasteiger partial charge in [0.05, 0.1) is 45.6 Å². The van der Waals surface area contributed by atoms with E-state index in [1.165, 1.54) is 25.7 Å². The van der Waals surface area contributed by atoms with Gasteiger partial charge in [-0.15, -0.1) is 0 Å². The van der Waals surface area contributed by atoms with Crippen LogP contribution in [0.15, 0.2) is 71.2 Å². The van der Waals surface area contributed by atoms with Crippen molar-refractivity contribution < 1.29 is 75.2 Å². The number of nitrogens with one attached hydrogen (secondary N) is 16. The van der Waals surface area contributed by atoms with Gasteiger partial charge in [-0.2, -0.15) is 0 Å². The molecule has 4 aromatic heterocycles. The number of aliphatic hydroxyl groups excluding tert-OH is 2. The number of halogens is 10. The monoisotopic (exact) mass is 1790 g/mol. The molecule has 5 atom stereocenters. The van der Waals surface area contributed by atoms with Crippen molar-refractivity contribution in [2.45, 2.75) is 141 Å². The molecule has 575 valence electrons. The van der Waals surface area contributed by atoms with Gasteiger partial charge in [0.15, 0.2) is 0 Å². The Labute approximate surface area is 665 Å². The van der Waals surface area contributed by atoms with Crippen molar-refractivity contribution in [3.63, 3.8) is 0 Å². The number of pyridine rings is 4. The van der Waals surface area contributed by atoms with Crippen LogP contribution in [-0.4, -0.2) is 198 Å². The Bertz CT molecular complexity index is 2350. The molecule has 1 saturated heterocycles. The van der Waals surface area contributed by atoms with Crippen molar-refractivity contribution in [2.24, 2.45) is 0 Å². The molecule has 1 aliphatic carbocycles. The third kappa shape index (κ3) is 56.0. The van der Waals surface area contributed by atoms with Crippen molar-refractivity contribution in [3.8, 4) is 0 Å². The zero-order valence-electron chi connectivity index (χ0n) is 56.9. The van der Waals surface area contributed by atoms with Gasteiger partial charge in [-0.1, -0.05) is 47.0 Å². The van der Waals surface area contributed by atoms with Gasteiger partial charge in [0.25, 0.3) is 0 Å². The Kier molecular flexibility index (Phi) is 71.3. The summed E-state index contributed by atoms with van der Waals surface area (Å²) in [7, 11) is 38.3. The van der Waals surface area contributed by atoms with E-state index < -0.39 is 0 Å². The summed E-state index contributed by atoms with van der Waals surface area (Å²) in [5.41, 5.74) is 8.70. The van der Waals surface area contributed by atoms with E-state index in [1.54, 1.807) is 0 Å². The van der Waals surface area contributed by atoms with E-state index in [0.717, 1.165) is 252 Å². The molecule has 4 aromatic rings. The second kappa shape index (κ2) is 71.9. The first-order valence-corrected chi connectivity index (χ1v) is 47.3. The molecule has 8 bridgehead atoms. The molecule has 36 heteroatoms. The van der Waals surface area contributed by atoms with Crippen molar-refractivity contribution in [2.75, 3.05) is 138 Å². The van der Waals surface area contributed by atoms with Gasteiger partial charge in [0, 0.05) is 225 Å². The zero-order chi connectivity index (χ0) is 71.0. The Morgan fingerprint density at radius 1 is 0.404 bits per heavy atom. The van der Waals surface area contributed by atoms with Crippen LogP contribution in [0.3, 0.4) is 0 Å². The molecular formula is C63H111BrCl9FeMn3N20O2-. The third-order valence-corrected chi connectivity index (χ3v) is 15.9. The van der Waals surface area contributed by atoms with E-state index in [4.69, 9.17) is 80.8 Å². The largest absolute Gasteiger partial charge is 0.314 e. The van der Waals surface area contributed by atoms with Crippen LogP contribution in [-0.2, 0) is 105 Å². The van der Waals surface area contributed by atoms with Crippen LogP contribution in [0.1, 0.15) is 104 Å². The predicted octanol–water partition coefficient (Wildman–Crippen LogP) is 3.07. The Morgan fingerprint density at radius 3 is 1.00 bits per heavy atom. The molecule has 4 aliphatic heterocycles. The van der Waals surface area contributed by atoms with Crippen molar-refractivity contribution >= 4 is 96.7 Å². The fourth-order valence-electron chi connectivity index (χ4n) is 10.8. The zero-order valence-corrected chi connectivity index (χ0v) is 69.9. The summed E-state index contributed by atoms with van der Waals surface area (Å²) in [6.45, 7) is 27.7. The van der Waals surface area contributed by atoms with Crippen LogP contribution in [0, 0.1) is 0 Å². The molecule has 8 heterocycles. The molecule has 0 amide bonds. The summed E-state index contributed by atoms with van der Waals surface area (Å²) in [6, 6.07) is 25.0. The van der Waals surface area contributed by atoms with Gasteiger partial charge >= 0.3 is 133 Å². The van der Waals surface area contributed by atoms with E-state index in [0.29, 0.717) is 30.2 Å². The molecule has 99 heavy (non-hydrogen) atoms. The molecule has 22 nitrogen and oxygen atoms in total. The molecule has 0 radical (unpaired) electrons. The fourth-order valence-corrected chi connectivity index (χ4v) is 11.3. The Balaban J connectivity index is 0.000000629. The van der Waals surface area contributed by atoms with E-state index in [2.05, 4.69) is 195 Å². The van der Waals surface area contributed by atoms with Crippen LogP contribution < -0.4 is 97.5 Å². The molecule has 0 spiro atoms. The molecule has 5 aliphatic rings. The fraction of sp³-hybridized carbons (Fsp3) is 0.683. The van der Waals surface area contributed by atoms with Crippen molar-refractivity contribution in [1.82, 2.24) is 105 Å². The first kappa shape index (κ1) is 98.1. The van der Waals surface area contributed by atoms with E-state index in [1.807, 2.05) is 0 Å². The Hall–Kier alpha value is 1.05. The second-order valence-corrected chi connectivity index (χ2v) is 31.8. The first-order chi connectivity index (χ1) is 48.1. The summed E-state index contributed by atoms with van der Waals surface area (Å²) in [6.07, 6.45) is 8.79. The molecule has 9 rings (SSSR count). The standard InChI is InChI=1S/C21H45N5O2.C16H21N5.C13H22BrN5.C13H23N5.9ClH.Fe.3Mn/c1-17-14-24-19(7-5-13-28)16-26-21-9-3-2-8-20(21)25-15-18(6-4-12-27)23-11-10-22-17;1-3-13-9-17-7-8-18-10-14-4-2-6-16(21-14)12-19-11-15(5-1)20-13;14-11-7-12-9-17-5-3-15-1-2-16-4-6-18-10-13(8-11)19-12;1-2-12-10-16-8-6-14-4-5-15-7-9-17-11-13(3-1)18-12;;;;;;;;;;;;;/h17-28H,2-16H2,1H3;1-6,17-19H,7-12H2;7-8,15-18H,1-6,9-10H2;1-3,14-17H,4-11H2;9*1H;;;;/q;;;;;;;;;;;;;4*+2/p-9/t17-,18-,19-,20?,21?;;;;;;;;;;;;;;;;/m0................/s1. The SMILES string of the molecule is Brc1cc2nc(c1)CNCCNCCNCCNC2.C[C@H]1CN[C@@H](CCCO)CNC2CCCCC2NC[C@H](CCCO)NCCN1.[Cl-].[Cl][Fe][Cl].[Cl][Mn][Cl].[Cl][Mn][Cl].[Cl][Mn][Cl].c1cc2nc(c1)CNCCNCCNCCNC2.c1cc2nc(c1)CNCc1cccc(n1)CNCCNC2. The normalized spacial score (nSPS) is 21.3. The van der Waals surface area contributed by atoms with Gasteiger partial charge in [-0.25, -0.2) is 0 Å². The number of fused-ring (bicyclic) bond motifs is 9. The van der Waals surface area contributed by atoms with Crippen LogP contribution in [0.25, 0.3) is 0 Å². The number of hydrogen-bond donors (Lipinski definition) is 18. The van der Waals surface area contributed by atoms with Crippen LogP contribution >= 0.6 is 96.7 Å². The maximum Gasteiger partial charge on any atom is 0.0545 e.